The van der Waals surface area contributed by atoms with Crippen LogP contribution in [-0.2, 0) is 4.79 Å². The lowest BCUT2D eigenvalue weighted by Crippen LogP contribution is -2.18. The van der Waals surface area contributed by atoms with E-state index in [0.717, 1.165) is 0 Å². The molecule has 2 heteroatoms. The van der Waals surface area contributed by atoms with Crippen molar-refractivity contribution in [3.05, 3.63) is 0 Å². The van der Waals surface area contributed by atoms with Gasteiger partial charge in [-0.05, 0) is 5.92 Å². The van der Waals surface area contributed by atoms with Gasteiger partial charge in [0.1, 0.15) is 0 Å². The molecule has 0 bridgehead atoms. The normalized spacial score (nSPS) is 9.91. The van der Waals surface area contributed by atoms with Crippen LogP contribution in [0.25, 0.3) is 0 Å². The van der Waals surface area contributed by atoms with Gasteiger partial charge in [0, 0.05) is 25.6 Å². The van der Waals surface area contributed by atoms with Crippen molar-refractivity contribution in [3.63, 3.8) is 0 Å². The van der Waals surface area contributed by atoms with Crippen molar-refractivity contribution in [2.75, 3.05) is 14.1 Å². The summed E-state index contributed by atoms with van der Waals surface area (Å²) in [7, 11) is 3.62. The first-order chi connectivity index (χ1) is 4.84. The molecule has 0 saturated carbocycles. The molecule has 0 saturated heterocycles. The molecule has 0 aromatic rings. The first kappa shape index (κ1) is 10.0. The number of carbonyl (C=O) groups excluding carboxylic acids is 1. The molecule has 0 aliphatic heterocycles. The molecule has 0 aromatic carbocycles. The fraction of sp³-hybridized carbons (Fsp3) is 0.667. The average Bonchev–Trinajstić information content (AvgIpc) is 1.80. The molecule has 0 aromatic heterocycles. The van der Waals surface area contributed by atoms with E-state index >= 15 is 0 Å². The van der Waals surface area contributed by atoms with Crippen molar-refractivity contribution < 1.29 is 4.79 Å². The van der Waals surface area contributed by atoms with Gasteiger partial charge < -0.3 is 4.90 Å². The maximum atomic E-state index is 11.2. The second-order valence-electron chi connectivity index (χ2n) is 3.71. The number of nitrogens with zero attached hydrogens (tertiary/aromatic N) is 1. The first-order valence-corrected chi connectivity index (χ1v) is 3.57. The molecule has 0 spiro atoms. The van der Waals surface area contributed by atoms with Crippen LogP contribution < -0.4 is 0 Å². The third kappa shape index (κ3) is 4.44. The quantitative estimate of drug-likeness (QED) is 0.384. The molecule has 0 amide bonds. The van der Waals surface area contributed by atoms with Gasteiger partial charge in [-0.1, -0.05) is 20.8 Å². The maximum Gasteiger partial charge on any atom is 0.212 e. The van der Waals surface area contributed by atoms with E-state index < -0.39 is 0 Å². The predicted octanol–water partition coefficient (Wildman–Crippen LogP) is 1.12. The van der Waals surface area contributed by atoms with Crippen molar-refractivity contribution in [1.82, 2.24) is 4.90 Å². The molecule has 0 aliphatic carbocycles. The molecule has 0 atom stereocenters. The summed E-state index contributed by atoms with van der Waals surface area (Å²) in [6, 6.07) is 2.69. The molecule has 0 rings (SSSR count). The molecule has 0 aliphatic rings. The van der Waals surface area contributed by atoms with Crippen molar-refractivity contribution in [2.24, 2.45) is 5.41 Å². The van der Waals surface area contributed by atoms with E-state index in [1.165, 1.54) is 0 Å². The van der Waals surface area contributed by atoms with Crippen LogP contribution >= 0.6 is 0 Å². The van der Waals surface area contributed by atoms with Gasteiger partial charge in [-0.2, -0.15) is 0 Å². The third-order valence-electron chi connectivity index (χ3n) is 1.07. The van der Waals surface area contributed by atoms with Gasteiger partial charge in [-0.25, -0.2) is 0 Å². The molecule has 62 valence electrons. The van der Waals surface area contributed by atoms with E-state index in [-0.39, 0.29) is 11.2 Å². The van der Waals surface area contributed by atoms with Crippen LogP contribution in [0.3, 0.4) is 0 Å². The van der Waals surface area contributed by atoms with E-state index in [1.54, 1.807) is 4.90 Å². The van der Waals surface area contributed by atoms with Crippen LogP contribution in [0.5, 0.6) is 0 Å². The van der Waals surface area contributed by atoms with Crippen molar-refractivity contribution in [2.45, 2.75) is 20.8 Å². The molecule has 0 radical (unpaired) electrons. The summed E-state index contributed by atoms with van der Waals surface area (Å²) >= 11 is 0. The summed E-state index contributed by atoms with van der Waals surface area (Å²) in [4.78, 5) is 12.8. The molecule has 0 fully saturated rings. The second kappa shape index (κ2) is 3.43. The summed E-state index contributed by atoms with van der Waals surface area (Å²) in [5.74, 6) is 2.54. The molecular weight excluding hydrogens is 138 g/mol. The smallest absolute Gasteiger partial charge is 0.212 e. The Balaban J connectivity index is 4.23. The SMILES string of the molecule is CN(C)C#CC(=O)C(C)(C)C. The fourth-order valence-electron chi connectivity index (χ4n) is 0.350. The highest BCUT2D eigenvalue weighted by Crippen LogP contribution is 2.13. The molecule has 0 unspecified atom stereocenters. The van der Waals surface area contributed by atoms with E-state index in [0.29, 0.717) is 0 Å². The molecule has 11 heavy (non-hydrogen) atoms. The lowest BCUT2D eigenvalue weighted by atomic mass is 9.91. The van der Waals surface area contributed by atoms with E-state index in [1.807, 2.05) is 34.9 Å². The highest BCUT2D eigenvalue weighted by Gasteiger charge is 2.18. The summed E-state index contributed by atoms with van der Waals surface area (Å²) in [6.45, 7) is 5.58. The number of carbonyl (C=O) groups is 1. The van der Waals surface area contributed by atoms with Crippen LogP contribution in [0.1, 0.15) is 20.8 Å². The Morgan fingerprint density at radius 1 is 1.27 bits per heavy atom. The Hall–Kier alpha value is -0.970. The Bertz CT molecular complexity index is 200. The molecule has 0 heterocycles. The van der Waals surface area contributed by atoms with E-state index in [9.17, 15) is 4.79 Å². The number of ketones is 1. The highest BCUT2D eigenvalue weighted by molar-refractivity contribution is 5.99. The van der Waals surface area contributed by atoms with Crippen LogP contribution in [0.4, 0.5) is 0 Å². The zero-order chi connectivity index (χ0) is 9.07. The zero-order valence-corrected chi connectivity index (χ0v) is 7.86. The van der Waals surface area contributed by atoms with Crippen LogP contribution in [-0.4, -0.2) is 24.8 Å². The minimum Gasteiger partial charge on any atom is -0.338 e. The first-order valence-electron chi connectivity index (χ1n) is 3.57. The van der Waals surface area contributed by atoms with Crippen LogP contribution in [0.2, 0.25) is 0 Å². The lowest BCUT2D eigenvalue weighted by molar-refractivity contribution is -0.120. The summed E-state index contributed by atoms with van der Waals surface area (Å²) < 4.78 is 0. The van der Waals surface area contributed by atoms with Gasteiger partial charge in [0.2, 0.25) is 5.78 Å². The summed E-state index contributed by atoms with van der Waals surface area (Å²) in [5, 5.41) is 0. The Morgan fingerprint density at radius 2 is 1.73 bits per heavy atom. The number of hydrogen-bond acceptors (Lipinski definition) is 2. The second-order valence-corrected chi connectivity index (χ2v) is 3.71. The molecule has 2 nitrogen and oxygen atoms in total. The monoisotopic (exact) mass is 153 g/mol. The number of rotatable bonds is 0. The third-order valence-corrected chi connectivity index (χ3v) is 1.07. The predicted molar refractivity (Wildman–Crippen MR) is 45.9 cm³/mol. The van der Waals surface area contributed by atoms with Crippen molar-refractivity contribution in [1.29, 1.82) is 0 Å². The van der Waals surface area contributed by atoms with Crippen LogP contribution in [0, 0.1) is 17.4 Å². The van der Waals surface area contributed by atoms with Crippen LogP contribution in [0.15, 0.2) is 0 Å². The van der Waals surface area contributed by atoms with Gasteiger partial charge in [-0.3, -0.25) is 4.79 Å². The Kier molecular flexibility index (Phi) is 3.13. The maximum absolute atomic E-state index is 11.2. The average molecular weight is 153 g/mol. The number of Topliss-reactive ketones (excluding diaryl/α,β-unsaturated/α-hetero) is 1. The Morgan fingerprint density at radius 3 is 2.00 bits per heavy atom. The van der Waals surface area contributed by atoms with Gasteiger partial charge in [0.15, 0.2) is 0 Å². The number of hydrogen-bond donors (Lipinski definition) is 0. The largest absolute Gasteiger partial charge is 0.338 e. The molecule has 0 N–H and O–H groups in total. The van der Waals surface area contributed by atoms with Gasteiger partial charge in [0.25, 0.3) is 0 Å². The van der Waals surface area contributed by atoms with Gasteiger partial charge >= 0.3 is 0 Å². The topological polar surface area (TPSA) is 20.3 Å². The van der Waals surface area contributed by atoms with Crippen molar-refractivity contribution >= 4 is 5.78 Å². The zero-order valence-electron chi connectivity index (χ0n) is 7.86. The van der Waals surface area contributed by atoms with Gasteiger partial charge in [0.05, 0.1) is 0 Å². The minimum atomic E-state index is -0.344. The summed E-state index contributed by atoms with van der Waals surface area (Å²) in [6.07, 6.45) is 0. The van der Waals surface area contributed by atoms with E-state index in [2.05, 4.69) is 12.0 Å². The standard InChI is InChI=1S/C9H15NO/c1-9(2,3)8(11)6-7-10(4)5/h1-5H3. The van der Waals surface area contributed by atoms with E-state index in [4.69, 9.17) is 0 Å². The highest BCUT2D eigenvalue weighted by atomic mass is 16.1. The minimum absolute atomic E-state index is 0.0220. The van der Waals surface area contributed by atoms with Crippen molar-refractivity contribution in [3.8, 4) is 12.0 Å². The molecular formula is C9H15NO. The lowest BCUT2D eigenvalue weighted by Gasteiger charge is -2.11. The van der Waals surface area contributed by atoms with Gasteiger partial charge in [-0.15, -0.1) is 0 Å². The fourth-order valence-corrected chi connectivity index (χ4v) is 0.350. The Labute approximate surface area is 68.6 Å². The summed E-state index contributed by atoms with van der Waals surface area (Å²) in [5.41, 5.74) is -0.344.